The van der Waals surface area contributed by atoms with Crippen molar-refractivity contribution in [2.24, 2.45) is 0 Å². The molecule has 3 aromatic rings. The third kappa shape index (κ3) is 3.95. The average Bonchev–Trinajstić information content (AvgIpc) is 3.20. The Morgan fingerprint density at radius 3 is 2.05 bits per heavy atom. The highest BCUT2D eigenvalue weighted by molar-refractivity contribution is 7.99. The second kappa shape index (κ2) is 7.37. The van der Waals surface area contributed by atoms with Crippen LogP contribution < -0.4 is 0 Å². The van der Waals surface area contributed by atoms with Gasteiger partial charge in [-0.05, 0) is 43.1 Å². The van der Waals surface area contributed by atoms with Crippen LogP contribution in [0.5, 0.6) is 0 Å². The maximum absolute atomic E-state index is 4.73. The molecule has 0 unspecified atom stereocenters. The van der Waals surface area contributed by atoms with Gasteiger partial charge in [0.05, 0.1) is 21.1 Å². The van der Waals surface area contributed by atoms with Crippen LogP contribution in [0.4, 0.5) is 0 Å². The molecule has 22 heavy (non-hydrogen) atoms. The lowest BCUT2D eigenvalue weighted by molar-refractivity contribution is 0.437. The standard InChI is InChI=1S/C16H17N3S3/c1-19(2)7-10-22-16-17-12(14-5-3-8-20-14)11-13(18-16)15-6-4-9-21-15/h3-6,8-9,11H,7,10H2,1-2H3. The van der Waals surface area contributed by atoms with Crippen molar-refractivity contribution in [1.82, 2.24) is 14.9 Å². The Morgan fingerprint density at radius 2 is 1.59 bits per heavy atom. The molecule has 3 rings (SSSR count). The lowest BCUT2D eigenvalue weighted by Gasteiger charge is -2.09. The van der Waals surface area contributed by atoms with Crippen LogP contribution in [-0.4, -0.2) is 41.3 Å². The molecule has 0 radical (unpaired) electrons. The molecular weight excluding hydrogens is 330 g/mol. The molecule has 0 aromatic carbocycles. The molecule has 0 spiro atoms. The summed E-state index contributed by atoms with van der Waals surface area (Å²) in [5.41, 5.74) is 2.03. The van der Waals surface area contributed by atoms with Gasteiger partial charge >= 0.3 is 0 Å². The van der Waals surface area contributed by atoms with Gasteiger partial charge in [0.25, 0.3) is 0 Å². The second-order valence-corrected chi connectivity index (χ2v) is 7.98. The van der Waals surface area contributed by atoms with Crippen molar-refractivity contribution in [3.8, 4) is 21.1 Å². The van der Waals surface area contributed by atoms with E-state index in [2.05, 4.69) is 60.1 Å². The molecule has 0 aliphatic heterocycles. The van der Waals surface area contributed by atoms with Gasteiger partial charge in [-0.3, -0.25) is 0 Å². The fourth-order valence-electron chi connectivity index (χ4n) is 1.91. The number of thioether (sulfide) groups is 1. The van der Waals surface area contributed by atoms with Crippen molar-refractivity contribution in [2.75, 3.05) is 26.4 Å². The first-order valence-corrected chi connectivity index (χ1v) is 9.71. The highest BCUT2D eigenvalue weighted by Gasteiger charge is 2.10. The lowest BCUT2D eigenvalue weighted by Crippen LogP contribution is -2.15. The Hall–Kier alpha value is -1.21. The van der Waals surface area contributed by atoms with Gasteiger partial charge in [-0.15, -0.1) is 22.7 Å². The number of thiophene rings is 2. The van der Waals surface area contributed by atoms with Crippen LogP contribution in [0.1, 0.15) is 0 Å². The first-order chi connectivity index (χ1) is 10.7. The SMILES string of the molecule is CN(C)CCSc1nc(-c2cccs2)cc(-c2cccs2)n1. The molecule has 0 fully saturated rings. The molecule has 0 aliphatic carbocycles. The first-order valence-electron chi connectivity index (χ1n) is 6.97. The zero-order chi connectivity index (χ0) is 15.4. The Bertz CT molecular complexity index is 654. The fourth-order valence-corrected chi connectivity index (χ4v) is 4.25. The lowest BCUT2D eigenvalue weighted by atomic mass is 10.2. The van der Waals surface area contributed by atoms with Crippen LogP contribution in [0.25, 0.3) is 21.1 Å². The number of rotatable bonds is 6. The van der Waals surface area contributed by atoms with Gasteiger partial charge < -0.3 is 4.90 Å². The quantitative estimate of drug-likeness (QED) is 0.482. The molecule has 3 aromatic heterocycles. The van der Waals surface area contributed by atoms with Crippen LogP contribution in [0.2, 0.25) is 0 Å². The van der Waals surface area contributed by atoms with Crippen LogP contribution in [0.3, 0.4) is 0 Å². The zero-order valence-corrected chi connectivity index (χ0v) is 15.0. The molecule has 0 bridgehead atoms. The molecule has 0 aliphatic rings. The molecule has 3 nitrogen and oxygen atoms in total. The number of aromatic nitrogens is 2. The van der Waals surface area contributed by atoms with Crippen molar-refractivity contribution < 1.29 is 0 Å². The van der Waals surface area contributed by atoms with Crippen molar-refractivity contribution >= 4 is 34.4 Å². The Kier molecular flexibility index (Phi) is 5.25. The van der Waals surface area contributed by atoms with E-state index in [0.717, 1.165) is 28.8 Å². The predicted molar refractivity (Wildman–Crippen MR) is 97.9 cm³/mol. The van der Waals surface area contributed by atoms with E-state index in [1.807, 2.05) is 0 Å². The highest BCUT2D eigenvalue weighted by Crippen LogP contribution is 2.31. The minimum atomic E-state index is 0.858. The molecular formula is C16H17N3S3. The summed E-state index contributed by atoms with van der Waals surface area (Å²) in [6.07, 6.45) is 0. The Morgan fingerprint density at radius 1 is 1.00 bits per heavy atom. The molecule has 114 valence electrons. The summed E-state index contributed by atoms with van der Waals surface area (Å²) in [6.45, 7) is 1.02. The largest absolute Gasteiger partial charge is 0.309 e. The van der Waals surface area contributed by atoms with E-state index in [1.165, 1.54) is 9.75 Å². The molecule has 3 heterocycles. The molecule has 0 N–H and O–H groups in total. The Labute approximate surface area is 143 Å². The van der Waals surface area contributed by atoms with Crippen molar-refractivity contribution in [3.63, 3.8) is 0 Å². The summed E-state index contributed by atoms with van der Waals surface area (Å²) in [5.74, 6) is 0.991. The summed E-state index contributed by atoms with van der Waals surface area (Å²) in [6, 6.07) is 10.4. The summed E-state index contributed by atoms with van der Waals surface area (Å²) in [5, 5.41) is 5.03. The van der Waals surface area contributed by atoms with Crippen molar-refractivity contribution in [1.29, 1.82) is 0 Å². The third-order valence-corrected chi connectivity index (χ3v) is 5.63. The summed E-state index contributed by atoms with van der Waals surface area (Å²) >= 11 is 5.15. The second-order valence-electron chi connectivity index (χ2n) is 5.03. The van der Waals surface area contributed by atoms with Gasteiger partial charge in [0, 0.05) is 12.3 Å². The first kappa shape index (κ1) is 15.7. The van der Waals surface area contributed by atoms with Gasteiger partial charge in [0.1, 0.15) is 0 Å². The topological polar surface area (TPSA) is 29.0 Å². The molecule has 0 amide bonds. The van der Waals surface area contributed by atoms with Crippen LogP contribution >= 0.6 is 34.4 Å². The van der Waals surface area contributed by atoms with E-state index in [4.69, 9.17) is 9.97 Å². The van der Waals surface area contributed by atoms with Gasteiger partial charge in [0.2, 0.25) is 0 Å². The van der Waals surface area contributed by atoms with Crippen molar-refractivity contribution in [2.45, 2.75) is 5.16 Å². The molecule has 6 heteroatoms. The molecule has 0 saturated carbocycles. The van der Waals surface area contributed by atoms with Crippen LogP contribution in [-0.2, 0) is 0 Å². The summed E-state index contributed by atoms with van der Waals surface area (Å²) < 4.78 is 0. The summed E-state index contributed by atoms with van der Waals surface area (Å²) in [7, 11) is 4.17. The third-order valence-electron chi connectivity index (χ3n) is 3.02. The highest BCUT2D eigenvalue weighted by atomic mass is 32.2. The van der Waals surface area contributed by atoms with E-state index in [0.29, 0.717) is 0 Å². The number of hydrogen-bond donors (Lipinski definition) is 0. The van der Waals surface area contributed by atoms with Crippen LogP contribution in [0, 0.1) is 0 Å². The van der Waals surface area contributed by atoms with Crippen LogP contribution in [0.15, 0.2) is 46.2 Å². The normalized spacial score (nSPS) is 11.2. The van der Waals surface area contributed by atoms with Gasteiger partial charge in [-0.2, -0.15) is 0 Å². The van der Waals surface area contributed by atoms with E-state index < -0.39 is 0 Å². The molecule has 0 saturated heterocycles. The van der Waals surface area contributed by atoms with E-state index in [9.17, 15) is 0 Å². The van der Waals surface area contributed by atoms with E-state index in [1.54, 1.807) is 34.4 Å². The number of nitrogens with zero attached hydrogens (tertiary/aromatic N) is 3. The minimum Gasteiger partial charge on any atom is -0.309 e. The Balaban J connectivity index is 1.91. The van der Waals surface area contributed by atoms with Crippen molar-refractivity contribution in [3.05, 3.63) is 41.1 Å². The molecule has 0 atom stereocenters. The smallest absolute Gasteiger partial charge is 0.188 e. The monoisotopic (exact) mass is 347 g/mol. The zero-order valence-electron chi connectivity index (χ0n) is 12.5. The van der Waals surface area contributed by atoms with E-state index >= 15 is 0 Å². The van der Waals surface area contributed by atoms with E-state index in [-0.39, 0.29) is 0 Å². The minimum absolute atomic E-state index is 0.858. The fraction of sp³-hybridized carbons (Fsp3) is 0.250. The maximum atomic E-state index is 4.73. The number of hydrogen-bond acceptors (Lipinski definition) is 6. The predicted octanol–water partition coefficient (Wildman–Crippen LogP) is 4.59. The van der Waals surface area contributed by atoms with Gasteiger partial charge in [-0.25, -0.2) is 9.97 Å². The summed E-state index contributed by atoms with van der Waals surface area (Å²) in [4.78, 5) is 14.0. The van der Waals surface area contributed by atoms with Gasteiger partial charge in [0.15, 0.2) is 5.16 Å². The maximum Gasteiger partial charge on any atom is 0.188 e. The van der Waals surface area contributed by atoms with Gasteiger partial charge in [-0.1, -0.05) is 23.9 Å². The average molecular weight is 348 g/mol.